The smallest absolute Gasteiger partial charge is 0.322 e. The molecule has 1 unspecified atom stereocenters. The molecule has 0 saturated heterocycles. The number of rotatable bonds is 1. The Labute approximate surface area is 136 Å². The van der Waals surface area contributed by atoms with E-state index in [-0.39, 0.29) is 18.3 Å². The summed E-state index contributed by atoms with van der Waals surface area (Å²) in [6.07, 6.45) is 1.70. The molecule has 0 saturated carbocycles. The SMILES string of the molecule is CC(C)(C)N1C(=O)c2[nH+]cccc2C1(O)c1ccccc1.[Cl-]. The van der Waals surface area contributed by atoms with Crippen molar-refractivity contribution < 1.29 is 27.3 Å². The van der Waals surface area contributed by atoms with Crippen LogP contribution in [0.25, 0.3) is 0 Å². The number of fused-ring (bicyclic) bond motifs is 1. The predicted octanol–water partition coefficient (Wildman–Crippen LogP) is -1.05. The van der Waals surface area contributed by atoms with Crippen LogP contribution in [0.2, 0.25) is 0 Å². The Balaban J connectivity index is 0.00000176. The van der Waals surface area contributed by atoms with Crippen LogP contribution in [0, 0.1) is 0 Å². The van der Waals surface area contributed by atoms with Crippen LogP contribution in [0.1, 0.15) is 42.4 Å². The van der Waals surface area contributed by atoms with Gasteiger partial charge in [-0.2, -0.15) is 0 Å². The lowest BCUT2D eigenvalue weighted by Crippen LogP contribution is -3.00. The highest BCUT2D eigenvalue weighted by molar-refractivity contribution is 5.97. The molecular formula is C17H19ClN2O2. The Morgan fingerprint density at radius 3 is 2.32 bits per heavy atom. The van der Waals surface area contributed by atoms with Crippen molar-refractivity contribution in [1.29, 1.82) is 0 Å². The van der Waals surface area contributed by atoms with E-state index in [0.29, 0.717) is 16.8 Å². The van der Waals surface area contributed by atoms with Crippen LogP contribution in [0.15, 0.2) is 48.7 Å². The Kier molecular flexibility index (Phi) is 4.02. The molecule has 2 heterocycles. The van der Waals surface area contributed by atoms with Crippen LogP contribution >= 0.6 is 0 Å². The first kappa shape index (κ1) is 16.5. The lowest BCUT2D eigenvalue weighted by molar-refractivity contribution is -0.382. The Morgan fingerprint density at radius 1 is 1.09 bits per heavy atom. The molecule has 2 N–H and O–H groups in total. The number of hydrogen-bond acceptors (Lipinski definition) is 2. The molecule has 4 nitrogen and oxygen atoms in total. The summed E-state index contributed by atoms with van der Waals surface area (Å²) in [5.74, 6) is -0.190. The number of nitrogens with zero attached hydrogens (tertiary/aromatic N) is 1. The second-order valence-corrected chi connectivity index (χ2v) is 6.31. The molecule has 1 aliphatic rings. The number of benzene rings is 1. The molecule has 116 valence electrons. The zero-order valence-corrected chi connectivity index (χ0v) is 13.6. The fourth-order valence-corrected chi connectivity index (χ4v) is 3.03. The van der Waals surface area contributed by atoms with Crippen LogP contribution in [-0.2, 0) is 5.72 Å². The minimum absolute atomic E-state index is 0. The summed E-state index contributed by atoms with van der Waals surface area (Å²) in [5.41, 5.74) is -0.250. The van der Waals surface area contributed by atoms with Gasteiger partial charge in [0.1, 0.15) is 0 Å². The third kappa shape index (κ3) is 2.19. The molecule has 3 rings (SSSR count). The number of halogens is 1. The van der Waals surface area contributed by atoms with Crippen LogP contribution in [-0.4, -0.2) is 21.5 Å². The molecule has 0 radical (unpaired) electrons. The number of pyridine rings is 1. The number of amides is 1. The van der Waals surface area contributed by atoms with Crippen molar-refractivity contribution in [1.82, 2.24) is 4.90 Å². The van der Waals surface area contributed by atoms with Gasteiger partial charge in [0, 0.05) is 17.2 Å². The summed E-state index contributed by atoms with van der Waals surface area (Å²) in [6, 6.07) is 12.9. The van der Waals surface area contributed by atoms with Crippen molar-refractivity contribution >= 4 is 5.91 Å². The quantitative estimate of drug-likeness (QED) is 0.730. The molecule has 5 heteroatoms. The fourth-order valence-electron chi connectivity index (χ4n) is 3.03. The minimum atomic E-state index is -1.45. The monoisotopic (exact) mass is 318 g/mol. The van der Waals surface area contributed by atoms with E-state index in [4.69, 9.17) is 0 Å². The molecule has 1 aliphatic heterocycles. The molecule has 1 aromatic heterocycles. The summed E-state index contributed by atoms with van der Waals surface area (Å²) < 4.78 is 0. The second-order valence-electron chi connectivity index (χ2n) is 6.31. The highest BCUT2D eigenvalue weighted by atomic mass is 35.5. The lowest BCUT2D eigenvalue weighted by Gasteiger charge is -2.42. The summed E-state index contributed by atoms with van der Waals surface area (Å²) in [6.45, 7) is 5.76. The maximum atomic E-state index is 12.8. The van der Waals surface area contributed by atoms with Gasteiger partial charge in [-0.3, -0.25) is 9.69 Å². The maximum absolute atomic E-state index is 12.8. The van der Waals surface area contributed by atoms with E-state index in [9.17, 15) is 9.90 Å². The van der Waals surface area contributed by atoms with Crippen LogP contribution < -0.4 is 17.4 Å². The van der Waals surface area contributed by atoms with Crippen LogP contribution in [0.5, 0.6) is 0 Å². The summed E-state index contributed by atoms with van der Waals surface area (Å²) >= 11 is 0. The topological polar surface area (TPSA) is 54.7 Å². The standard InChI is InChI=1S/C17H18N2O2.ClH/c1-16(2,3)19-15(20)14-13(10-7-11-18-14)17(19,21)12-8-5-4-6-9-12;/h4-11,21H,1-3H3;1H. The molecule has 0 aliphatic carbocycles. The van der Waals surface area contributed by atoms with Gasteiger partial charge in [-0.1, -0.05) is 30.3 Å². The number of carbonyl (C=O) groups excluding carboxylic acids is 1. The average molecular weight is 319 g/mol. The number of nitrogens with one attached hydrogen (secondary N) is 1. The van der Waals surface area contributed by atoms with E-state index < -0.39 is 11.3 Å². The van der Waals surface area contributed by atoms with Gasteiger partial charge in [-0.15, -0.1) is 0 Å². The number of aromatic amines is 1. The third-order valence-electron chi connectivity index (χ3n) is 3.82. The first-order valence-electron chi connectivity index (χ1n) is 7.00. The van der Waals surface area contributed by atoms with Gasteiger partial charge in [-0.05, 0) is 26.8 Å². The minimum Gasteiger partial charge on any atom is -1.00 e. The van der Waals surface area contributed by atoms with Crippen LogP contribution in [0.3, 0.4) is 0 Å². The second kappa shape index (κ2) is 5.38. The molecule has 1 aromatic carbocycles. The highest BCUT2D eigenvalue weighted by Crippen LogP contribution is 2.44. The van der Waals surface area contributed by atoms with E-state index in [2.05, 4.69) is 4.98 Å². The van der Waals surface area contributed by atoms with Crippen molar-refractivity contribution in [2.75, 3.05) is 0 Å². The number of aromatic nitrogens is 1. The number of hydrogen-bond donors (Lipinski definition) is 1. The first-order valence-corrected chi connectivity index (χ1v) is 7.00. The average Bonchev–Trinajstić information content (AvgIpc) is 2.70. The van der Waals surface area contributed by atoms with Gasteiger partial charge in [-0.25, -0.2) is 4.98 Å². The number of carbonyl (C=O) groups is 1. The van der Waals surface area contributed by atoms with Gasteiger partial charge >= 0.3 is 5.91 Å². The van der Waals surface area contributed by atoms with Crippen molar-refractivity contribution in [3.05, 3.63) is 65.5 Å². The Bertz CT molecular complexity index is 697. The maximum Gasteiger partial charge on any atom is 0.322 e. The Morgan fingerprint density at radius 2 is 1.73 bits per heavy atom. The van der Waals surface area contributed by atoms with Crippen molar-refractivity contribution in [2.45, 2.75) is 32.0 Å². The lowest BCUT2D eigenvalue weighted by atomic mass is 9.92. The zero-order chi connectivity index (χ0) is 15.3. The molecular weight excluding hydrogens is 300 g/mol. The van der Waals surface area contributed by atoms with E-state index in [1.54, 1.807) is 18.3 Å². The molecule has 1 amide bonds. The van der Waals surface area contributed by atoms with Crippen molar-refractivity contribution in [2.24, 2.45) is 0 Å². The molecule has 0 fully saturated rings. The summed E-state index contributed by atoms with van der Waals surface area (Å²) in [7, 11) is 0. The summed E-state index contributed by atoms with van der Waals surface area (Å²) in [5, 5.41) is 11.5. The van der Waals surface area contributed by atoms with Crippen LogP contribution in [0.4, 0.5) is 0 Å². The van der Waals surface area contributed by atoms with E-state index in [1.807, 2.05) is 51.1 Å². The van der Waals surface area contributed by atoms with E-state index in [1.165, 1.54) is 4.90 Å². The van der Waals surface area contributed by atoms with Gasteiger partial charge in [0.15, 0.2) is 6.20 Å². The van der Waals surface area contributed by atoms with Gasteiger partial charge in [0.2, 0.25) is 5.72 Å². The van der Waals surface area contributed by atoms with E-state index >= 15 is 0 Å². The zero-order valence-electron chi connectivity index (χ0n) is 12.8. The van der Waals surface area contributed by atoms with Gasteiger partial charge in [0.25, 0.3) is 5.69 Å². The first-order chi connectivity index (χ1) is 9.87. The molecule has 22 heavy (non-hydrogen) atoms. The fraction of sp³-hybridized carbons (Fsp3) is 0.294. The number of aliphatic hydroxyl groups is 1. The van der Waals surface area contributed by atoms with Gasteiger partial charge in [0.05, 0.1) is 5.56 Å². The molecule has 2 aromatic rings. The third-order valence-corrected chi connectivity index (χ3v) is 3.82. The van der Waals surface area contributed by atoms with Gasteiger partial charge < -0.3 is 17.5 Å². The Hall–Kier alpha value is -1.91. The van der Waals surface area contributed by atoms with E-state index in [0.717, 1.165) is 0 Å². The molecule has 0 spiro atoms. The summed E-state index contributed by atoms with van der Waals surface area (Å²) in [4.78, 5) is 17.3. The highest BCUT2D eigenvalue weighted by Gasteiger charge is 2.57. The molecule has 1 atom stereocenters. The van der Waals surface area contributed by atoms with Crippen molar-refractivity contribution in [3.8, 4) is 0 Å². The largest absolute Gasteiger partial charge is 1.00 e. The number of H-pyrrole nitrogens is 1. The predicted molar refractivity (Wildman–Crippen MR) is 78.4 cm³/mol. The van der Waals surface area contributed by atoms with Crippen molar-refractivity contribution in [3.63, 3.8) is 0 Å². The molecule has 0 bridgehead atoms. The normalized spacial score (nSPS) is 20.5.